The summed E-state index contributed by atoms with van der Waals surface area (Å²) < 4.78 is 0. The molecule has 0 spiro atoms. The zero-order valence-corrected chi connectivity index (χ0v) is 9.52. The fourth-order valence-electron chi connectivity index (χ4n) is 2.46. The van der Waals surface area contributed by atoms with Crippen molar-refractivity contribution >= 4 is 11.9 Å². The third-order valence-corrected chi connectivity index (χ3v) is 3.50. The molecular weight excluding hydrogens is 208 g/mol. The summed E-state index contributed by atoms with van der Waals surface area (Å²) in [7, 11) is 0. The van der Waals surface area contributed by atoms with Gasteiger partial charge in [-0.15, -0.1) is 0 Å². The Labute approximate surface area is 95.7 Å². The van der Waals surface area contributed by atoms with Gasteiger partial charge in [0.25, 0.3) is 0 Å². The van der Waals surface area contributed by atoms with E-state index in [-0.39, 0.29) is 12.8 Å². The number of rotatable bonds is 6. The Morgan fingerprint density at radius 1 is 0.812 bits per heavy atom. The summed E-state index contributed by atoms with van der Waals surface area (Å²) in [6, 6.07) is 0. The first kappa shape index (κ1) is 13.0. The van der Waals surface area contributed by atoms with E-state index in [1.54, 1.807) is 0 Å². The Hall–Kier alpha value is -1.06. The van der Waals surface area contributed by atoms with Crippen LogP contribution in [0.1, 0.15) is 51.4 Å². The van der Waals surface area contributed by atoms with Gasteiger partial charge in [-0.05, 0) is 24.7 Å². The van der Waals surface area contributed by atoms with Gasteiger partial charge in [0.2, 0.25) is 0 Å². The van der Waals surface area contributed by atoms with Crippen LogP contribution in [0.15, 0.2) is 0 Å². The van der Waals surface area contributed by atoms with E-state index in [1.165, 1.54) is 0 Å². The van der Waals surface area contributed by atoms with Crippen molar-refractivity contribution < 1.29 is 19.8 Å². The third-order valence-electron chi connectivity index (χ3n) is 3.50. The molecule has 16 heavy (non-hydrogen) atoms. The molecule has 0 unspecified atom stereocenters. The normalized spacial score (nSPS) is 25.2. The van der Waals surface area contributed by atoms with Crippen LogP contribution in [0.5, 0.6) is 0 Å². The Kier molecular flexibility index (Phi) is 5.29. The van der Waals surface area contributed by atoms with E-state index in [4.69, 9.17) is 10.2 Å². The van der Waals surface area contributed by atoms with Crippen molar-refractivity contribution in [2.45, 2.75) is 51.4 Å². The topological polar surface area (TPSA) is 74.6 Å². The number of hydrogen-bond donors (Lipinski definition) is 2. The smallest absolute Gasteiger partial charge is 0.303 e. The predicted octanol–water partition coefficient (Wildman–Crippen LogP) is 2.52. The molecule has 1 rings (SSSR count). The Morgan fingerprint density at radius 2 is 1.12 bits per heavy atom. The lowest BCUT2D eigenvalue weighted by molar-refractivity contribution is -0.138. The highest BCUT2D eigenvalue weighted by molar-refractivity contribution is 5.66. The molecule has 0 heterocycles. The number of hydrogen-bond acceptors (Lipinski definition) is 2. The van der Waals surface area contributed by atoms with Crippen molar-refractivity contribution in [2.24, 2.45) is 11.8 Å². The summed E-state index contributed by atoms with van der Waals surface area (Å²) in [6.45, 7) is 0. The van der Waals surface area contributed by atoms with Crippen molar-refractivity contribution in [1.82, 2.24) is 0 Å². The molecule has 1 aliphatic carbocycles. The van der Waals surface area contributed by atoms with Crippen LogP contribution in [0.4, 0.5) is 0 Å². The van der Waals surface area contributed by atoms with Crippen LogP contribution >= 0.6 is 0 Å². The fourth-order valence-corrected chi connectivity index (χ4v) is 2.46. The van der Waals surface area contributed by atoms with E-state index in [0.717, 1.165) is 38.5 Å². The van der Waals surface area contributed by atoms with Crippen molar-refractivity contribution in [3.8, 4) is 0 Å². The Morgan fingerprint density at radius 3 is 1.38 bits per heavy atom. The highest BCUT2D eigenvalue weighted by atomic mass is 16.4. The molecule has 0 radical (unpaired) electrons. The highest BCUT2D eigenvalue weighted by Gasteiger charge is 2.21. The molecule has 0 aromatic carbocycles. The maximum absolute atomic E-state index is 10.4. The molecule has 0 saturated heterocycles. The van der Waals surface area contributed by atoms with Crippen LogP contribution in [-0.2, 0) is 9.59 Å². The van der Waals surface area contributed by atoms with Crippen LogP contribution in [0.25, 0.3) is 0 Å². The number of carboxylic acids is 2. The van der Waals surface area contributed by atoms with E-state index in [1.807, 2.05) is 0 Å². The zero-order chi connectivity index (χ0) is 12.0. The van der Waals surface area contributed by atoms with Gasteiger partial charge in [-0.1, -0.05) is 25.7 Å². The predicted molar refractivity (Wildman–Crippen MR) is 59.2 cm³/mol. The Balaban J connectivity index is 2.13. The van der Waals surface area contributed by atoms with Gasteiger partial charge < -0.3 is 10.2 Å². The molecule has 1 aliphatic rings. The van der Waals surface area contributed by atoms with Crippen molar-refractivity contribution in [3.63, 3.8) is 0 Å². The van der Waals surface area contributed by atoms with Crippen LogP contribution in [0.2, 0.25) is 0 Å². The van der Waals surface area contributed by atoms with Crippen molar-refractivity contribution in [1.29, 1.82) is 0 Å². The van der Waals surface area contributed by atoms with Gasteiger partial charge >= 0.3 is 11.9 Å². The van der Waals surface area contributed by atoms with Crippen LogP contribution in [-0.4, -0.2) is 22.2 Å². The lowest BCUT2D eigenvalue weighted by atomic mass is 9.78. The number of carboxylic acid groups (broad SMARTS) is 2. The second-order valence-corrected chi connectivity index (χ2v) is 4.75. The monoisotopic (exact) mass is 228 g/mol. The molecule has 1 fully saturated rings. The molecule has 2 N–H and O–H groups in total. The molecule has 1 saturated carbocycles. The lowest BCUT2D eigenvalue weighted by Gasteiger charge is -2.27. The van der Waals surface area contributed by atoms with E-state index in [9.17, 15) is 9.59 Å². The first-order valence-corrected chi connectivity index (χ1v) is 6.01. The molecule has 0 atom stereocenters. The summed E-state index contributed by atoms with van der Waals surface area (Å²) >= 11 is 0. The fraction of sp³-hybridized carbons (Fsp3) is 0.833. The van der Waals surface area contributed by atoms with Crippen molar-refractivity contribution in [3.05, 3.63) is 0 Å². The average molecular weight is 228 g/mol. The highest BCUT2D eigenvalue weighted by Crippen LogP contribution is 2.33. The molecule has 0 aromatic rings. The summed E-state index contributed by atoms with van der Waals surface area (Å²) in [5.74, 6) is -0.352. The lowest BCUT2D eigenvalue weighted by Crippen LogP contribution is -2.16. The maximum atomic E-state index is 10.4. The van der Waals surface area contributed by atoms with Gasteiger partial charge in [-0.3, -0.25) is 9.59 Å². The molecule has 0 aromatic heterocycles. The van der Waals surface area contributed by atoms with Gasteiger partial charge in [0.05, 0.1) is 0 Å². The zero-order valence-electron chi connectivity index (χ0n) is 9.52. The van der Waals surface area contributed by atoms with E-state index in [2.05, 4.69) is 0 Å². The van der Waals surface area contributed by atoms with Crippen molar-refractivity contribution in [2.75, 3.05) is 0 Å². The first-order valence-electron chi connectivity index (χ1n) is 6.01. The molecule has 4 nitrogen and oxygen atoms in total. The van der Waals surface area contributed by atoms with Crippen LogP contribution < -0.4 is 0 Å². The standard InChI is InChI=1S/C12H20O4/c13-11(14)7-5-9-1-2-10(4-3-9)6-8-12(15)16/h9-10H,1-8H2,(H,13,14)(H,15,16)/t9-,10-. The summed E-state index contributed by atoms with van der Waals surface area (Å²) in [5.41, 5.74) is 0. The minimum absolute atomic E-state index is 0.268. The van der Waals surface area contributed by atoms with E-state index in [0.29, 0.717) is 11.8 Å². The van der Waals surface area contributed by atoms with Gasteiger partial charge in [0, 0.05) is 12.8 Å². The van der Waals surface area contributed by atoms with Crippen LogP contribution in [0, 0.1) is 11.8 Å². The summed E-state index contributed by atoms with van der Waals surface area (Å²) in [5, 5.41) is 17.2. The minimum atomic E-state index is -0.715. The third kappa shape index (κ3) is 5.14. The molecular formula is C12H20O4. The molecule has 0 amide bonds. The SMILES string of the molecule is O=C(O)CC[C@H]1CC[C@H](CCC(=O)O)CC1. The quantitative estimate of drug-likeness (QED) is 0.732. The van der Waals surface area contributed by atoms with E-state index < -0.39 is 11.9 Å². The number of carbonyl (C=O) groups is 2. The second kappa shape index (κ2) is 6.51. The van der Waals surface area contributed by atoms with Gasteiger partial charge in [-0.25, -0.2) is 0 Å². The summed E-state index contributed by atoms with van der Waals surface area (Å²) in [6.07, 6.45) is 6.36. The maximum Gasteiger partial charge on any atom is 0.303 e. The largest absolute Gasteiger partial charge is 0.481 e. The van der Waals surface area contributed by atoms with Gasteiger partial charge in [0.15, 0.2) is 0 Å². The molecule has 92 valence electrons. The van der Waals surface area contributed by atoms with Gasteiger partial charge in [-0.2, -0.15) is 0 Å². The van der Waals surface area contributed by atoms with Gasteiger partial charge in [0.1, 0.15) is 0 Å². The first-order chi connectivity index (χ1) is 7.58. The second-order valence-electron chi connectivity index (χ2n) is 4.75. The number of aliphatic carboxylic acids is 2. The summed E-state index contributed by atoms with van der Waals surface area (Å²) in [4.78, 5) is 20.8. The Bertz CT molecular complexity index is 215. The molecule has 0 bridgehead atoms. The van der Waals surface area contributed by atoms with E-state index >= 15 is 0 Å². The molecule has 0 aliphatic heterocycles. The molecule has 4 heteroatoms. The average Bonchev–Trinajstić information content (AvgIpc) is 2.25. The van der Waals surface area contributed by atoms with Crippen LogP contribution in [0.3, 0.4) is 0 Å². The minimum Gasteiger partial charge on any atom is -0.481 e.